The van der Waals surface area contributed by atoms with Gasteiger partial charge < -0.3 is 14.4 Å². The number of pyridine rings is 1. The van der Waals surface area contributed by atoms with Crippen molar-refractivity contribution in [3.8, 4) is 17.4 Å². The lowest BCUT2D eigenvalue weighted by Gasteiger charge is -2.29. The first kappa shape index (κ1) is 24.2. The van der Waals surface area contributed by atoms with Crippen molar-refractivity contribution < 1.29 is 35.6 Å². The number of hydrogen-bond donors (Lipinski definition) is 0. The summed E-state index contributed by atoms with van der Waals surface area (Å²) in [4.78, 5) is 21.6. The molecule has 1 fully saturated rings. The number of ether oxygens (including phenoxy) is 2. The van der Waals surface area contributed by atoms with Gasteiger partial charge in [-0.25, -0.2) is 13.6 Å². The van der Waals surface area contributed by atoms with Crippen LogP contribution in [0.1, 0.15) is 11.1 Å². The molecule has 0 N–H and O–H groups in total. The fourth-order valence-electron chi connectivity index (χ4n) is 4.09. The van der Waals surface area contributed by atoms with Gasteiger partial charge in [0.25, 0.3) is 0 Å². The molecule has 4 heterocycles. The van der Waals surface area contributed by atoms with Gasteiger partial charge in [-0.2, -0.15) is 18.2 Å². The van der Waals surface area contributed by atoms with Crippen LogP contribution in [0.5, 0.6) is 17.4 Å². The van der Waals surface area contributed by atoms with Gasteiger partial charge in [0.1, 0.15) is 18.2 Å². The van der Waals surface area contributed by atoms with Gasteiger partial charge in [0.05, 0.1) is 24.3 Å². The van der Waals surface area contributed by atoms with Gasteiger partial charge >= 0.3 is 11.9 Å². The largest absolute Gasteiger partial charge is 0.473 e. The highest BCUT2D eigenvalue weighted by molar-refractivity contribution is 7.85. The standard InChI is InChI=1S/C22H17F5N4O4S/c23-16-3-12(4-17(24)20(16)35-15-5-13(7-28-8-15)22(25,26)27)10-34-18-6-19-30-1-2-36(33)11-14(30)9-31(19)21(32)29-18/h3-8,14H,1-2,9-11H2. The molecule has 1 aromatic carbocycles. The molecule has 2 unspecified atom stereocenters. The van der Waals surface area contributed by atoms with E-state index in [9.17, 15) is 31.0 Å². The Labute approximate surface area is 202 Å². The van der Waals surface area contributed by atoms with E-state index in [2.05, 4.69) is 9.97 Å². The fourth-order valence-corrected chi connectivity index (χ4v) is 5.37. The van der Waals surface area contributed by atoms with Gasteiger partial charge in [0, 0.05) is 41.1 Å². The second-order valence-corrected chi connectivity index (χ2v) is 9.81. The minimum atomic E-state index is -4.70. The van der Waals surface area contributed by atoms with E-state index < -0.39 is 51.4 Å². The molecule has 2 aromatic heterocycles. The first-order valence-electron chi connectivity index (χ1n) is 10.6. The van der Waals surface area contributed by atoms with Gasteiger partial charge in [-0.1, -0.05) is 0 Å². The lowest BCUT2D eigenvalue weighted by Crippen LogP contribution is -2.44. The van der Waals surface area contributed by atoms with E-state index in [1.807, 2.05) is 4.90 Å². The molecule has 0 spiro atoms. The van der Waals surface area contributed by atoms with E-state index in [1.165, 1.54) is 4.57 Å². The van der Waals surface area contributed by atoms with E-state index in [0.29, 0.717) is 42.7 Å². The zero-order chi connectivity index (χ0) is 25.6. The monoisotopic (exact) mass is 528 g/mol. The van der Waals surface area contributed by atoms with Gasteiger partial charge in [0.15, 0.2) is 17.4 Å². The fraction of sp³-hybridized carbons (Fsp3) is 0.318. The third kappa shape index (κ3) is 4.76. The number of fused-ring (bicyclic) bond motifs is 3. The first-order chi connectivity index (χ1) is 17.1. The van der Waals surface area contributed by atoms with Gasteiger partial charge in [-0.3, -0.25) is 13.8 Å². The Bertz CT molecular complexity index is 1390. The molecule has 2 aliphatic heterocycles. The summed E-state index contributed by atoms with van der Waals surface area (Å²) in [5, 5.41) is 0. The second-order valence-electron chi connectivity index (χ2n) is 8.19. The van der Waals surface area contributed by atoms with Crippen LogP contribution in [-0.4, -0.2) is 42.8 Å². The molecule has 0 aliphatic carbocycles. The van der Waals surface area contributed by atoms with Crippen LogP contribution in [0.2, 0.25) is 0 Å². The SMILES string of the molecule is O=c1nc(OCc2cc(F)c(Oc3cncc(C(F)(F)F)c3)c(F)c2)cc2n1CC1CS(=O)CCN21. The van der Waals surface area contributed by atoms with Crippen LogP contribution >= 0.6 is 0 Å². The smallest absolute Gasteiger partial charge is 0.418 e. The lowest BCUT2D eigenvalue weighted by molar-refractivity contribution is -0.137. The van der Waals surface area contributed by atoms with E-state index in [-0.39, 0.29) is 24.1 Å². The van der Waals surface area contributed by atoms with Crippen LogP contribution in [0, 0.1) is 11.6 Å². The van der Waals surface area contributed by atoms with Crippen molar-refractivity contribution in [3.63, 3.8) is 0 Å². The molecule has 8 nitrogen and oxygen atoms in total. The topological polar surface area (TPSA) is 86.5 Å². The van der Waals surface area contributed by atoms with E-state index in [1.54, 1.807) is 6.07 Å². The quantitative estimate of drug-likeness (QED) is 0.470. The molecule has 36 heavy (non-hydrogen) atoms. The van der Waals surface area contributed by atoms with Crippen LogP contribution in [0.25, 0.3) is 0 Å². The Morgan fingerprint density at radius 2 is 1.86 bits per heavy atom. The molecule has 0 bridgehead atoms. The van der Waals surface area contributed by atoms with Crippen molar-refractivity contribution in [3.05, 3.63) is 69.9 Å². The molecule has 5 rings (SSSR count). The zero-order valence-corrected chi connectivity index (χ0v) is 19.1. The number of rotatable bonds is 5. The predicted molar refractivity (Wildman–Crippen MR) is 118 cm³/mol. The summed E-state index contributed by atoms with van der Waals surface area (Å²) in [7, 11) is -0.948. The number of halogens is 5. The number of hydrogen-bond acceptors (Lipinski definition) is 7. The molecule has 0 saturated carbocycles. The minimum Gasteiger partial charge on any atom is -0.473 e. The van der Waals surface area contributed by atoms with Gasteiger partial charge in [-0.15, -0.1) is 0 Å². The Kier molecular flexibility index (Phi) is 6.14. The van der Waals surface area contributed by atoms with E-state index in [4.69, 9.17) is 9.47 Å². The van der Waals surface area contributed by atoms with Gasteiger partial charge in [-0.05, 0) is 23.8 Å². The van der Waals surface area contributed by atoms with Crippen LogP contribution in [-0.2, 0) is 30.1 Å². The molecule has 2 atom stereocenters. The highest BCUT2D eigenvalue weighted by Gasteiger charge is 2.35. The maximum absolute atomic E-state index is 14.6. The number of benzene rings is 1. The molecule has 1 saturated heterocycles. The van der Waals surface area contributed by atoms with E-state index >= 15 is 0 Å². The summed E-state index contributed by atoms with van der Waals surface area (Å²) in [6, 6.07) is 3.84. The van der Waals surface area contributed by atoms with Crippen molar-refractivity contribution in [1.29, 1.82) is 0 Å². The third-order valence-corrected chi connectivity index (χ3v) is 7.13. The van der Waals surface area contributed by atoms with Crippen LogP contribution in [0.15, 0.2) is 41.5 Å². The Morgan fingerprint density at radius 3 is 2.58 bits per heavy atom. The van der Waals surface area contributed by atoms with Crippen LogP contribution < -0.4 is 20.1 Å². The summed E-state index contributed by atoms with van der Waals surface area (Å²) in [5.74, 6) is -2.28. The number of nitrogens with zero attached hydrogens (tertiary/aromatic N) is 4. The maximum atomic E-state index is 14.6. The van der Waals surface area contributed by atoms with Crippen molar-refractivity contribution >= 4 is 16.6 Å². The molecule has 3 aromatic rings. The zero-order valence-electron chi connectivity index (χ0n) is 18.3. The maximum Gasteiger partial charge on any atom is 0.418 e. The van der Waals surface area contributed by atoms with Crippen LogP contribution in [0.4, 0.5) is 27.8 Å². The van der Waals surface area contributed by atoms with Crippen molar-refractivity contribution in [2.24, 2.45) is 0 Å². The predicted octanol–water partition coefficient (Wildman–Crippen LogP) is 3.26. The summed E-state index contributed by atoms with van der Waals surface area (Å²) in [5.41, 5.74) is -1.65. The Balaban J connectivity index is 1.31. The summed E-state index contributed by atoms with van der Waals surface area (Å²) >= 11 is 0. The summed E-state index contributed by atoms with van der Waals surface area (Å²) < 4.78 is 91.4. The van der Waals surface area contributed by atoms with E-state index in [0.717, 1.165) is 18.3 Å². The summed E-state index contributed by atoms with van der Waals surface area (Å²) in [6.07, 6.45) is -3.24. The molecule has 190 valence electrons. The molecule has 14 heteroatoms. The highest BCUT2D eigenvalue weighted by Crippen LogP contribution is 2.34. The molecule has 2 aliphatic rings. The average Bonchev–Trinajstić information content (AvgIpc) is 3.18. The third-order valence-electron chi connectivity index (χ3n) is 5.74. The second kappa shape index (κ2) is 9.15. The average molecular weight is 528 g/mol. The van der Waals surface area contributed by atoms with Crippen LogP contribution in [0.3, 0.4) is 0 Å². The molecular formula is C22H17F5N4O4S. The number of aromatic nitrogens is 3. The number of alkyl halides is 3. The lowest BCUT2D eigenvalue weighted by atomic mass is 10.2. The normalized spacial score (nSPS) is 19.1. The summed E-state index contributed by atoms with van der Waals surface area (Å²) in [6.45, 7) is 0.536. The first-order valence-corrected chi connectivity index (χ1v) is 12.1. The minimum absolute atomic E-state index is 0.0353. The molecule has 0 radical (unpaired) electrons. The van der Waals surface area contributed by atoms with Crippen molar-refractivity contribution in [2.45, 2.75) is 25.4 Å². The molecule has 0 amide bonds. The van der Waals surface area contributed by atoms with Crippen molar-refractivity contribution in [1.82, 2.24) is 14.5 Å². The van der Waals surface area contributed by atoms with Crippen molar-refractivity contribution in [2.75, 3.05) is 23.0 Å². The Morgan fingerprint density at radius 1 is 1.11 bits per heavy atom. The highest BCUT2D eigenvalue weighted by atomic mass is 32.2. The number of anilines is 1. The Hall–Kier alpha value is -3.55. The molecular weight excluding hydrogens is 511 g/mol. The van der Waals surface area contributed by atoms with Gasteiger partial charge in [0.2, 0.25) is 5.88 Å².